The van der Waals surface area contributed by atoms with E-state index in [-0.39, 0.29) is 31.4 Å². The third kappa shape index (κ3) is 5.35. The third-order valence-electron chi connectivity index (χ3n) is 5.65. The number of aromatic nitrogens is 1. The van der Waals surface area contributed by atoms with Gasteiger partial charge in [0.15, 0.2) is 11.2 Å². The molecule has 2 aromatic carbocycles. The molecule has 1 atom stereocenters. The zero-order valence-corrected chi connectivity index (χ0v) is 20.7. The Morgan fingerprint density at radius 1 is 1.17 bits per heavy atom. The lowest BCUT2D eigenvalue weighted by Crippen LogP contribution is -2.45. The summed E-state index contributed by atoms with van der Waals surface area (Å²) in [5, 5.41) is 2.30. The van der Waals surface area contributed by atoms with Crippen LogP contribution in [0.3, 0.4) is 0 Å². The molecule has 0 aliphatic carbocycles. The summed E-state index contributed by atoms with van der Waals surface area (Å²) >= 11 is 1.32. The maximum absolute atomic E-state index is 12.6. The van der Waals surface area contributed by atoms with Gasteiger partial charge in [-0.1, -0.05) is 37.3 Å². The molecule has 0 bridgehead atoms. The Balaban J connectivity index is 1.38. The highest BCUT2D eigenvalue weighted by Gasteiger charge is 2.31. The van der Waals surface area contributed by atoms with E-state index in [1.807, 2.05) is 43.3 Å². The highest BCUT2D eigenvalue weighted by molar-refractivity contribution is 7.14. The SMILES string of the molecule is CCc1ccccc1N(C(C)=O)c1nc(COC(=O)CCN2C(=O)C(C)Oc3ccccc32)cs1. The number of hydrogen-bond donors (Lipinski definition) is 0. The molecule has 1 aliphatic rings. The minimum absolute atomic E-state index is 0.0133. The normalized spacial score (nSPS) is 14.8. The predicted octanol–water partition coefficient (Wildman–Crippen LogP) is 4.64. The topological polar surface area (TPSA) is 89.0 Å². The fraction of sp³-hybridized carbons (Fsp3) is 0.308. The van der Waals surface area contributed by atoms with E-state index in [0.29, 0.717) is 22.3 Å². The zero-order valence-electron chi connectivity index (χ0n) is 19.9. The van der Waals surface area contributed by atoms with E-state index in [9.17, 15) is 14.4 Å². The lowest BCUT2D eigenvalue weighted by Gasteiger charge is -2.32. The number of carbonyl (C=O) groups excluding carboxylic acids is 3. The fourth-order valence-electron chi connectivity index (χ4n) is 3.92. The van der Waals surface area contributed by atoms with E-state index < -0.39 is 12.1 Å². The molecular formula is C26H27N3O5S. The van der Waals surface area contributed by atoms with Crippen LogP contribution >= 0.6 is 11.3 Å². The number of thiazole rings is 1. The summed E-state index contributed by atoms with van der Waals surface area (Å²) in [6.07, 6.45) is 0.203. The number of benzene rings is 2. The second-order valence-electron chi connectivity index (χ2n) is 8.09. The molecule has 0 radical (unpaired) electrons. The van der Waals surface area contributed by atoms with E-state index in [4.69, 9.17) is 9.47 Å². The predicted molar refractivity (Wildman–Crippen MR) is 134 cm³/mol. The van der Waals surface area contributed by atoms with Crippen molar-refractivity contribution in [3.63, 3.8) is 0 Å². The Bertz CT molecular complexity index is 1240. The Hall–Kier alpha value is -3.72. The number of hydrogen-bond acceptors (Lipinski definition) is 7. The van der Waals surface area contributed by atoms with Crippen molar-refractivity contribution in [1.29, 1.82) is 0 Å². The molecule has 0 spiro atoms. The molecule has 1 unspecified atom stereocenters. The number of carbonyl (C=O) groups is 3. The van der Waals surface area contributed by atoms with Crippen LogP contribution in [-0.2, 0) is 32.1 Å². The van der Waals surface area contributed by atoms with Crippen LogP contribution in [0.2, 0.25) is 0 Å². The maximum Gasteiger partial charge on any atom is 0.307 e. The van der Waals surface area contributed by atoms with Crippen molar-refractivity contribution in [2.24, 2.45) is 0 Å². The van der Waals surface area contributed by atoms with Crippen LogP contribution in [0.5, 0.6) is 5.75 Å². The molecule has 2 heterocycles. The molecule has 4 rings (SSSR count). The van der Waals surface area contributed by atoms with Gasteiger partial charge in [-0.15, -0.1) is 11.3 Å². The average Bonchev–Trinajstić information content (AvgIpc) is 3.31. The van der Waals surface area contributed by atoms with Crippen LogP contribution in [0, 0.1) is 0 Å². The summed E-state index contributed by atoms with van der Waals surface area (Å²) < 4.78 is 11.0. The van der Waals surface area contributed by atoms with Gasteiger partial charge in [0.05, 0.1) is 23.5 Å². The molecule has 0 fully saturated rings. The van der Waals surface area contributed by atoms with Crippen LogP contribution in [-0.4, -0.2) is 35.4 Å². The number of aryl methyl sites for hydroxylation is 1. The van der Waals surface area contributed by atoms with Crippen molar-refractivity contribution in [3.8, 4) is 5.75 Å². The van der Waals surface area contributed by atoms with E-state index in [2.05, 4.69) is 4.98 Å². The summed E-state index contributed by atoms with van der Waals surface area (Å²) in [7, 11) is 0. The quantitative estimate of drug-likeness (QED) is 0.425. The van der Waals surface area contributed by atoms with E-state index >= 15 is 0 Å². The van der Waals surface area contributed by atoms with Crippen molar-refractivity contribution in [2.75, 3.05) is 16.3 Å². The van der Waals surface area contributed by atoms with Crippen molar-refractivity contribution >= 4 is 45.6 Å². The number of nitrogens with zero attached hydrogens (tertiary/aromatic N) is 3. The van der Waals surface area contributed by atoms with Gasteiger partial charge in [0.1, 0.15) is 12.4 Å². The Kier molecular flexibility index (Phi) is 7.45. The van der Waals surface area contributed by atoms with E-state index in [1.165, 1.54) is 18.3 Å². The fourth-order valence-corrected chi connectivity index (χ4v) is 4.78. The van der Waals surface area contributed by atoms with Gasteiger partial charge in [0.25, 0.3) is 5.91 Å². The molecule has 35 heavy (non-hydrogen) atoms. The largest absolute Gasteiger partial charge is 0.479 e. The molecule has 0 saturated heterocycles. The first-order valence-corrected chi connectivity index (χ1v) is 12.3. The molecule has 1 aromatic heterocycles. The van der Waals surface area contributed by atoms with E-state index in [1.54, 1.807) is 34.2 Å². The number of anilines is 3. The summed E-state index contributed by atoms with van der Waals surface area (Å²) in [5.74, 6) is -0.169. The molecule has 9 heteroatoms. The van der Waals surface area contributed by atoms with Gasteiger partial charge in [-0.25, -0.2) is 4.98 Å². The maximum atomic E-state index is 12.6. The molecule has 8 nitrogen and oxygen atoms in total. The number of rotatable bonds is 8. The number of ether oxygens (including phenoxy) is 2. The molecular weight excluding hydrogens is 466 g/mol. The van der Waals surface area contributed by atoms with Crippen LogP contribution in [0.4, 0.5) is 16.5 Å². The first kappa shape index (κ1) is 24.4. The second-order valence-corrected chi connectivity index (χ2v) is 8.92. The first-order chi connectivity index (χ1) is 16.9. The van der Waals surface area contributed by atoms with Gasteiger partial charge in [-0.2, -0.15) is 0 Å². The molecule has 182 valence electrons. The Labute approximate surface area is 208 Å². The van der Waals surface area contributed by atoms with Crippen LogP contribution in [0.1, 0.15) is 38.4 Å². The molecule has 0 N–H and O–H groups in total. The zero-order chi connectivity index (χ0) is 24.9. The van der Waals surface area contributed by atoms with Crippen LogP contribution in [0.25, 0.3) is 0 Å². The van der Waals surface area contributed by atoms with Crippen molar-refractivity contribution in [1.82, 2.24) is 4.98 Å². The minimum Gasteiger partial charge on any atom is -0.479 e. The molecule has 1 aliphatic heterocycles. The van der Waals surface area contributed by atoms with E-state index in [0.717, 1.165) is 17.7 Å². The van der Waals surface area contributed by atoms with Gasteiger partial charge >= 0.3 is 5.97 Å². The summed E-state index contributed by atoms with van der Waals surface area (Å²) in [4.78, 5) is 45.1. The lowest BCUT2D eigenvalue weighted by molar-refractivity contribution is -0.144. The van der Waals surface area contributed by atoms with Gasteiger partial charge in [-0.05, 0) is 37.1 Å². The number of fused-ring (bicyclic) bond motifs is 1. The van der Waals surface area contributed by atoms with Gasteiger partial charge in [-0.3, -0.25) is 19.3 Å². The monoisotopic (exact) mass is 493 g/mol. The summed E-state index contributed by atoms with van der Waals surface area (Å²) in [6.45, 7) is 5.40. The highest BCUT2D eigenvalue weighted by Crippen LogP contribution is 2.34. The lowest BCUT2D eigenvalue weighted by atomic mass is 10.1. The van der Waals surface area contributed by atoms with Crippen molar-refractivity contribution in [3.05, 3.63) is 65.2 Å². The van der Waals surface area contributed by atoms with Gasteiger partial charge < -0.3 is 14.4 Å². The summed E-state index contributed by atoms with van der Waals surface area (Å²) in [5.41, 5.74) is 3.04. The minimum atomic E-state index is -0.614. The Morgan fingerprint density at radius 3 is 2.69 bits per heavy atom. The van der Waals surface area contributed by atoms with Gasteiger partial charge in [0.2, 0.25) is 5.91 Å². The van der Waals surface area contributed by atoms with Crippen molar-refractivity contribution < 1.29 is 23.9 Å². The third-order valence-corrected chi connectivity index (χ3v) is 6.53. The Morgan fingerprint density at radius 2 is 1.91 bits per heavy atom. The van der Waals surface area contributed by atoms with Gasteiger partial charge in [0, 0.05) is 18.8 Å². The van der Waals surface area contributed by atoms with Crippen LogP contribution < -0.4 is 14.5 Å². The number of amides is 2. The molecule has 3 aromatic rings. The smallest absolute Gasteiger partial charge is 0.307 e. The highest BCUT2D eigenvalue weighted by atomic mass is 32.1. The molecule has 2 amide bonds. The van der Waals surface area contributed by atoms with Crippen LogP contribution in [0.15, 0.2) is 53.9 Å². The molecule has 0 saturated carbocycles. The summed E-state index contributed by atoms with van der Waals surface area (Å²) in [6, 6.07) is 15.0. The second kappa shape index (κ2) is 10.7. The standard InChI is InChI=1S/C26H27N3O5S/c1-4-19-9-5-6-10-21(19)29(18(3)30)26-27-20(16-35-26)15-33-24(31)13-14-28-22-11-7-8-12-23(22)34-17(2)25(28)32/h5-12,16-17H,4,13-15H2,1-3H3. The number of para-hydroxylation sites is 3. The average molecular weight is 494 g/mol. The first-order valence-electron chi connectivity index (χ1n) is 11.4. The van der Waals surface area contributed by atoms with Crippen molar-refractivity contribution in [2.45, 2.75) is 46.3 Å². The number of esters is 1.